The number of carboxylic acid groups (broad SMARTS) is 1. The zero-order valence-corrected chi connectivity index (χ0v) is 19.4. The fraction of sp³-hybridized carbons (Fsp3) is 0. The van der Waals surface area contributed by atoms with Gasteiger partial charge in [-0.25, -0.2) is 10.2 Å². The Morgan fingerprint density at radius 3 is 2.00 bits per heavy atom. The monoisotopic (exact) mass is 491 g/mol. The van der Waals surface area contributed by atoms with Crippen LogP contribution >= 0.6 is 0 Å². The lowest BCUT2D eigenvalue weighted by atomic mass is 10.1. The minimum atomic E-state index is -1.00. The van der Waals surface area contributed by atoms with E-state index in [0.29, 0.717) is 29.0 Å². The molecule has 0 aliphatic rings. The first-order valence-corrected chi connectivity index (χ1v) is 11.3. The van der Waals surface area contributed by atoms with Crippen molar-refractivity contribution in [2.45, 2.75) is 0 Å². The van der Waals surface area contributed by atoms with E-state index in [-0.39, 0.29) is 11.5 Å². The van der Waals surface area contributed by atoms with Gasteiger partial charge >= 0.3 is 5.97 Å². The largest absolute Gasteiger partial charge is 0.478 e. The Morgan fingerprint density at radius 2 is 1.38 bits per heavy atom. The molecule has 0 aliphatic carbocycles. The number of rotatable bonds is 9. The second-order valence-electron chi connectivity index (χ2n) is 7.75. The van der Waals surface area contributed by atoms with Crippen molar-refractivity contribution in [3.05, 3.63) is 108 Å². The van der Waals surface area contributed by atoms with Gasteiger partial charge in [0.25, 0.3) is 0 Å². The minimum Gasteiger partial charge on any atom is -0.478 e. The van der Waals surface area contributed by atoms with Crippen molar-refractivity contribution in [1.82, 2.24) is 15.0 Å². The summed E-state index contributed by atoms with van der Waals surface area (Å²) in [4.78, 5) is 24.5. The van der Waals surface area contributed by atoms with E-state index < -0.39 is 5.97 Å². The lowest BCUT2D eigenvalue weighted by molar-refractivity contribution is 0.0697. The Kier molecular flexibility index (Phi) is 6.80. The average molecular weight is 492 g/mol. The number of benzene rings is 3. The number of furan rings is 1. The summed E-state index contributed by atoms with van der Waals surface area (Å²) in [5, 5.41) is 19.7. The Balaban J connectivity index is 1.34. The molecular formula is C27H21N7O3. The van der Waals surface area contributed by atoms with Crippen molar-refractivity contribution in [2.75, 3.05) is 16.1 Å². The zero-order valence-electron chi connectivity index (χ0n) is 19.4. The summed E-state index contributed by atoms with van der Waals surface area (Å²) in [6.45, 7) is 0. The van der Waals surface area contributed by atoms with Gasteiger partial charge in [0.2, 0.25) is 17.8 Å². The summed E-state index contributed by atoms with van der Waals surface area (Å²) in [6.07, 6.45) is 1.48. The number of hydrogen-bond donors (Lipinski definition) is 4. The third-order valence-corrected chi connectivity index (χ3v) is 5.07. The van der Waals surface area contributed by atoms with Gasteiger partial charge < -0.3 is 20.2 Å². The van der Waals surface area contributed by atoms with Crippen molar-refractivity contribution in [2.24, 2.45) is 5.10 Å². The molecule has 10 heteroatoms. The van der Waals surface area contributed by atoms with Crippen LogP contribution in [0.1, 0.15) is 16.1 Å². The number of aromatic nitrogens is 3. The van der Waals surface area contributed by atoms with Crippen LogP contribution in [0.4, 0.5) is 29.2 Å². The maximum atomic E-state index is 11.2. The van der Waals surface area contributed by atoms with E-state index in [2.05, 4.69) is 36.1 Å². The lowest BCUT2D eigenvalue weighted by Gasteiger charge is -2.10. The van der Waals surface area contributed by atoms with Crippen LogP contribution in [0, 0.1) is 0 Å². The molecule has 0 saturated carbocycles. The molecule has 2 heterocycles. The first kappa shape index (κ1) is 23.2. The Bertz CT molecular complexity index is 1480. The van der Waals surface area contributed by atoms with Crippen LogP contribution in [0.25, 0.3) is 11.3 Å². The first-order valence-electron chi connectivity index (χ1n) is 11.3. The molecule has 0 radical (unpaired) electrons. The smallest absolute Gasteiger partial charge is 0.335 e. The quantitative estimate of drug-likeness (QED) is 0.150. The normalized spacial score (nSPS) is 10.8. The van der Waals surface area contributed by atoms with E-state index in [1.807, 2.05) is 60.7 Å². The van der Waals surface area contributed by atoms with Gasteiger partial charge in [-0.3, -0.25) is 0 Å². The summed E-state index contributed by atoms with van der Waals surface area (Å²) in [7, 11) is 0. The number of anilines is 5. The molecule has 0 atom stereocenters. The van der Waals surface area contributed by atoms with Gasteiger partial charge in [-0.05, 0) is 48.5 Å². The van der Waals surface area contributed by atoms with Crippen molar-refractivity contribution in [3.63, 3.8) is 0 Å². The van der Waals surface area contributed by atoms with Crippen molar-refractivity contribution in [1.29, 1.82) is 0 Å². The van der Waals surface area contributed by atoms with E-state index in [1.165, 1.54) is 12.3 Å². The average Bonchev–Trinajstić information content (AvgIpc) is 3.39. The van der Waals surface area contributed by atoms with Crippen LogP contribution in [0.3, 0.4) is 0 Å². The number of hydrazone groups is 1. The van der Waals surface area contributed by atoms with Gasteiger partial charge in [0.1, 0.15) is 11.5 Å². The number of aromatic carboxylic acids is 1. The molecule has 10 nitrogen and oxygen atoms in total. The number of nitrogens with zero attached hydrogens (tertiary/aromatic N) is 4. The van der Waals surface area contributed by atoms with Crippen molar-refractivity contribution >= 4 is 41.4 Å². The number of hydrogen-bond acceptors (Lipinski definition) is 9. The predicted octanol–water partition coefficient (Wildman–Crippen LogP) is 5.76. The molecule has 0 unspecified atom stereocenters. The van der Waals surface area contributed by atoms with Gasteiger partial charge in [0, 0.05) is 16.9 Å². The Morgan fingerprint density at radius 1 is 0.757 bits per heavy atom. The minimum absolute atomic E-state index is 0.181. The standard InChI is InChI=1S/C27H21N7O3/c35-24(36)19-9-7-8-18(16-19)23-15-14-22(37-23)17-28-34-27-32-25(29-20-10-3-1-4-11-20)31-26(33-27)30-21-12-5-2-6-13-21/h1-17H,(H,35,36)(H3,29,30,31,32,33,34)/b28-17+. The molecule has 0 amide bonds. The number of nitrogens with one attached hydrogen (secondary N) is 3. The SMILES string of the molecule is O=C(O)c1cccc(-c2ccc(/C=N/Nc3nc(Nc4ccccc4)nc(Nc4ccccc4)n3)o2)c1. The summed E-state index contributed by atoms with van der Waals surface area (Å²) >= 11 is 0. The highest BCUT2D eigenvalue weighted by molar-refractivity contribution is 5.89. The fourth-order valence-electron chi connectivity index (χ4n) is 3.38. The molecule has 182 valence electrons. The van der Waals surface area contributed by atoms with Crippen LogP contribution < -0.4 is 16.1 Å². The molecule has 0 fully saturated rings. The van der Waals surface area contributed by atoms with Crippen LogP contribution in [-0.2, 0) is 0 Å². The first-order chi connectivity index (χ1) is 18.1. The number of para-hydroxylation sites is 2. The fourth-order valence-corrected chi connectivity index (χ4v) is 3.38. The molecule has 5 rings (SSSR count). The molecular weight excluding hydrogens is 470 g/mol. The molecule has 3 aromatic carbocycles. The second-order valence-corrected chi connectivity index (χ2v) is 7.75. The van der Waals surface area contributed by atoms with Crippen molar-refractivity contribution < 1.29 is 14.3 Å². The predicted molar refractivity (Wildman–Crippen MR) is 142 cm³/mol. The molecule has 4 N–H and O–H groups in total. The van der Waals surface area contributed by atoms with Crippen LogP contribution in [-0.4, -0.2) is 32.2 Å². The van der Waals surface area contributed by atoms with E-state index in [1.54, 1.807) is 30.3 Å². The third-order valence-electron chi connectivity index (χ3n) is 5.07. The molecule has 0 aliphatic heterocycles. The maximum Gasteiger partial charge on any atom is 0.335 e. The molecule has 0 bridgehead atoms. The summed E-state index contributed by atoms with van der Waals surface area (Å²) in [6, 6.07) is 29.1. The second kappa shape index (κ2) is 10.8. The maximum absolute atomic E-state index is 11.2. The van der Waals surface area contributed by atoms with Gasteiger partial charge in [-0.2, -0.15) is 20.1 Å². The lowest BCUT2D eigenvalue weighted by Crippen LogP contribution is -2.07. The third kappa shape index (κ3) is 6.14. The highest BCUT2D eigenvalue weighted by atomic mass is 16.4. The van der Waals surface area contributed by atoms with Gasteiger partial charge in [0.05, 0.1) is 11.8 Å². The number of carbonyl (C=O) groups is 1. The van der Waals surface area contributed by atoms with E-state index >= 15 is 0 Å². The summed E-state index contributed by atoms with van der Waals surface area (Å²) < 4.78 is 5.79. The van der Waals surface area contributed by atoms with Crippen LogP contribution in [0.2, 0.25) is 0 Å². The summed E-state index contributed by atoms with van der Waals surface area (Å²) in [5.74, 6) is 0.853. The topological polar surface area (TPSA) is 138 Å². The van der Waals surface area contributed by atoms with Crippen LogP contribution in [0.5, 0.6) is 0 Å². The molecule has 0 saturated heterocycles. The highest BCUT2D eigenvalue weighted by Crippen LogP contribution is 2.23. The summed E-state index contributed by atoms with van der Waals surface area (Å²) in [5.41, 5.74) is 5.29. The van der Waals surface area contributed by atoms with E-state index in [9.17, 15) is 9.90 Å². The van der Waals surface area contributed by atoms with Gasteiger partial charge in [0.15, 0.2) is 0 Å². The van der Waals surface area contributed by atoms with Crippen LogP contribution in [0.15, 0.2) is 107 Å². The van der Waals surface area contributed by atoms with Gasteiger partial charge in [-0.15, -0.1) is 0 Å². The highest BCUT2D eigenvalue weighted by Gasteiger charge is 2.09. The Hall–Kier alpha value is -5.51. The molecule has 5 aromatic rings. The molecule has 0 spiro atoms. The van der Waals surface area contributed by atoms with E-state index in [4.69, 9.17) is 4.42 Å². The van der Waals surface area contributed by atoms with Gasteiger partial charge in [-0.1, -0.05) is 48.5 Å². The Labute approximate surface area is 211 Å². The molecule has 37 heavy (non-hydrogen) atoms. The van der Waals surface area contributed by atoms with Crippen molar-refractivity contribution in [3.8, 4) is 11.3 Å². The molecule has 2 aromatic heterocycles. The number of carboxylic acids is 1. The van der Waals surface area contributed by atoms with E-state index in [0.717, 1.165) is 11.4 Å². The zero-order chi connectivity index (χ0) is 25.5.